The Kier molecular flexibility index (Phi) is 1.68. The van der Waals surface area contributed by atoms with Gasteiger partial charge in [-0.1, -0.05) is 70.6 Å². The number of hydrogen-bond donors (Lipinski definition) is 1. The molecule has 0 aliphatic carbocycles. The van der Waals surface area contributed by atoms with Crippen LogP contribution in [0.1, 0.15) is 128 Å². The van der Waals surface area contributed by atoms with Crippen LogP contribution in [0, 0.1) is 0 Å². The van der Waals surface area contributed by atoms with E-state index in [-0.39, 0.29) is 0 Å². The molecule has 23 heavy (non-hydrogen) atoms. The molecule has 5 nitrogen and oxygen atoms in total. The average molecular weight is 390 g/mol. The molecule has 0 heterocycles. The summed E-state index contributed by atoms with van der Waals surface area (Å²) in [4.78, 5) is 15.5. The molecule has 0 radical (unpaired) electrons. The van der Waals surface area contributed by atoms with Crippen LogP contribution in [0.25, 0.3) is 0 Å². The largest absolute Gasteiger partial charge is 0.756 e. The molecule has 0 aliphatic heterocycles. The predicted octanol–water partition coefficient (Wildman–Crippen LogP) is 3.85. The minimum atomic E-state index is -7.08. The van der Waals surface area contributed by atoms with Gasteiger partial charge in [0.2, 0.25) is 1.43 Å². The molecule has 0 aromatic rings. The minimum Gasteiger partial charge on any atom is -0.756 e. The first-order valence-electron chi connectivity index (χ1n) is 24.0. The molecule has 0 rings (SSSR count). The van der Waals surface area contributed by atoms with Gasteiger partial charge in [-0.2, -0.15) is 0 Å². The molecule has 2 unspecified atom stereocenters. The maximum absolute atomic E-state index is 12.4. The second-order valence-corrected chi connectivity index (χ2v) is 4.10. The Morgan fingerprint density at radius 3 is 2.26 bits per heavy atom. The fraction of sp³-hybridized carbons (Fsp3) is 1.00. The van der Waals surface area contributed by atoms with Crippen LogP contribution in [0.4, 0.5) is 0 Å². The number of phosphoric ester groups is 1. The summed E-state index contributed by atoms with van der Waals surface area (Å²) in [6.45, 7) is -25.0. The third kappa shape index (κ3) is 18.3. The molecule has 0 aromatic heterocycles. The monoisotopic (exact) mass is 389 g/mol. The Balaban J connectivity index is 8.65. The van der Waals surface area contributed by atoms with Crippen LogP contribution in [0.3, 0.4) is 0 Å². The second kappa shape index (κ2) is 12.4. The van der Waals surface area contributed by atoms with Crippen molar-refractivity contribution in [1.29, 1.82) is 1.43 Å². The van der Waals surface area contributed by atoms with Crippen LogP contribution >= 0.6 is 7.82 Å². The van der Waals surface area contributed by atoms with Gasteiger partial charge in [-0.15, -0.1) is 0 Å². The van der Waals surface area contributed by atoms with Gasteiger partial charge in [0, 0.05) is 34.3 Å². The Morgan fingerprint density at radius 2 is 1.74 bits per heavy atom. The van der Waals surface area contributed by atoms with Crippen LogP contribution in [0.5, 0.6) is 0 Å². The number of hydrogen-bond acceptors (Lipinski definition) is 4. The van der Waals surface area contributed by atoms with Crippen LogP contribution in [-0.2, 0) is 9.09 Å². The van der Waals surface area contributed by atoms with Gasteiger partial charge in [0.25, 0.3) is 7.82 Å². The van der Waals surface area contributed by atoms with Crippen molar-refractivity contribution in [3.63, 3.8) is 0 Å². The van der Waals surface area contributed by atoms with E-state index in [9.17, 15) is 9.46 Å². The van der Waals surface area contributed by atoms with Gasteiger partial charge in [0.15, 0.2) is 0 Å². The zero-order valence-electron chi connectivity index (χ0n) is 49.0. The third-order valence-corrected chi connectivity index (χ3v) is 1.62. The number of nitrogens with zero attached hydrogens (tertiary/aromatic N) is 1. The molecule has 0 aliphatic rings. The Labute approximate surface area is 196 Å². The van der Waals surface area contributed by atoms with E-state index in [1.54, 1.807) is 0 Å². The molecule has 140 valence electrons. The predicted molar refractivity (Wildman–Crippen MR) is 94.1 cm³/mol. The molecule has 2 atom stereocenters. The summed E-state index contributed by atoms with van der Waals surface area (Å²) in [6, 6.07) is 0. The molecule has 0 saturated heterocycles. The molecule has 0 spiro atoms. The van der Waals surface area contributed by atoms with E-state index in [4.69, 9.17) is 52.1 Å². The van der Waals surface area contributed by atoms with Crippen LogP contribution < -0.4 is 4.89 Å². The van der Waals surface area contributed by atoms with Crippen molar-refractivity contribution in [3.05, 3.63) is 0 Å². The lowest BCUT2D eigenvalue weighted by molar-refractivity contribution is -0.873. The van der Waals surface area contributed by atoms with E-state index in [1.165, 1.54) is 0 Å². The Bertz CT molecular complexity index is 1610. The normalized spacial score (nSPS) is 51.7. The smallest absolute Gasteiger partial charge is 0.265 e. The highest BCUT2D eigenvalue weighted by atomic mass is 31.2. The van der Waals surface area contributed by atoms with Gasteiger partial charge in [0.05, 0.1) is 37.4 Å². The highest BCUT2D eigenvalue weighted by molar-refractivity contribution is 7.44. The molecule has 0 bridgehead atoms. The molecular weight excluding hydrogens is 313 g/mol. The zero-order chi connectivity index (χ0) is 50.9. The average Bonchev–Trinajstić information content (AvgIpc) is 2.96. The quantitative estimate of drug-likeness (QED) is 0.321. The summed E-state index contributed by atoms with van der Waals surface area (Å²) in [5, 5.41) is 0. The van der Waals surface area contributed by atoms with E-state index in [0.29, 0.717) is 0 Å². The maximum Gasteiger partial charge on any atom is 0.265 e. The highest BCUT2D eigenvalue weighted by Gasteiger charge is 2.22. The zero-order valence-corrected chi connectivity index (χ0v) is 11.9. The lowest BCUT2D eigenvalue weighted by Gasteiger charge is -2.31. The van der Waals surface area contributed by atoms with Gasteiger partial charge in [-0.05, 0) is 6.37 Å². The van der Waals surface area contributed by atoms with Crippen molar-refractivity contribution in [2.45, 2.75) is 83.0 Å². The standard InChI is InChI=1S/C17H38NO4P/c1-5-6-7-8-9-10-11-12-13-14-15-17(16-18(2,3)4)22-23(19,20)21/h17H,5-16H2,1-4H3,(H-,19,20,21)/i1D3,2D3,3D3,4D3,5D2,6D2,7D2,8D2,9D2,10D2,11D2,12D2,13D2,14D2,15D2,16D2,17D/hD. The maximum atomic E-state index is 12.4. The van der Waals surface area contributed by atoms with E-state index in [2.05, 4.69) is 9.42 Å². The number of likely N-dealkylation sites (N-methyl/N-ethyl adjacent to an activating group) is 1. The van der Waals surface area contributed by atoms with Gasteiger partial charge in [0.1, 0.15) is 12.6 Å². The molecule has 1 N–H and O–H groups in total. The first-order chi connectivity index (χ1) is 25.5. The fourth-order valence-electron chi connectivity index (χ4n) is 0.673. The van der Waals surface area contributed by atoms with Gasteiger partial charge < -0.3 is 18.8 Å². The van der Waals surface area contributed by atoms with Crippen LogP contribution in [-0.4, -0.2) is 44.3 Å². The van der Waals surface area contributed by atoms with Crippen LogP contribution in [0.2, 0.25) is 0 Å². The third-order valence-electron chi connectivity index (χ3n) is 1.21. The second-order valence-electron chi connectivity index (χ2n) is 3.03. The molecule has 6 heteroatoms. The van der Waals surface area contributed by atoms with E-state index >= 15 is 0 Å². The van der Waals surface area contributed by atoms with Crippen molar-refractivity contribution in [2.24, 2.45) is 0 Å². The fourth-order valence-corrected chi connectivity index (χ4v) is 0.983. The Hall–Kier alpha value is 0.0700. The van der Waals surface area contributed by atoms with Crippen molar-refractivity contribution >= 4 is 7.82 Å². The molecular formula is C17H38NO4P. The Morgan fingerprint density at radius 1 is 1.17 bits per heavy atom. The summed E-state index contributed by atoms with van der Waals surface area (Å²) in [5.74, 6) is 0. The molecule has 0 amide bonds. The molecule has 0 aromatic carbocycles. The lowest BCUT2D eigenvalue weighted by Crippen LogP contribution is -2.42. The van der Waals surface area contributed by atoms with Gasteiger partial charge in [-0.3, -0.25) is 4.57 Å². The molecule has 0 fully saturated rings. The highest BCUT2D eigenvalue weighted by Crippen LogP contribution is 2.34. The summed E-state index contributed by atoms with van der Waals surface area (Å²) in [7, 11) is -7.08. The number of phosphoric acid groups is 1. The van der Waals surface area contributed by atoms with E-state index in [0.717, 1.165) is 0 Å². The molecule has 0 saturated carbocycles. The van der Waals surface area contributed by atoms with Gasteiger partial charge in [-0.25, -0.2) is 0 Å². The summed E-state index contributed by atoms with van der Waals surface area (Å²) in [5.41, 5.74) is 0. The van der Waals surface area contributed by atoms with Crippen molar-refractivity contribution in [2.75, 3.05) is 27.4 Å². The van der Waals surface area contributed by atoms with Crippen molar-refractivity contribution in [1.82, 2.24) is 0 Å². The summed E-state index contributed by atoms with van der Waals surface area (Å²) < 4.78 is 315. The van der Waals surface area contributed by atoms with Crippen molar-refractivity contribution < 1.29 is 74.1 Å². The number of quaternary nitrogens is 1. The SMILES string of the molecule is [2H]OP(=O)([O-])OC([2H])(C([2H])([2H])C([2H])([2H])C([2H])([2H])C([2H])([2H])C([2H])([2H])C([2H])([2H])C([2H])([2H])C([2H])([2H])C([2H])([2H])C([2H])([2H])C([2H])([2H])C([2H])([2H])[2H])C([2H])([2H])[N+](C([2H])([2H])[2H])(C([2H])([2H])[2H])C([2H])([2H])[2H]. The lowest BCUT2D eigenvalue weighted by atomic mass is 10.0. The topological polar surface area (TPSA) is 69.6 Å². The first kappa shape index (κ1) is 3.11. The van der Waals surface area contributed by atoms with Crippen LogP contribution in [0.15, 0.2) is 0 Å². The number of rotatable bonds is 16. The minimum absolute atomic E-state index is 3.07. The van der Waals surface area contributed by atoms with Gasteiger partial charge >= 0.3 is 0 Å². The van der Waals surface area contributed by atoms with E-state index in [1.807, 2.05) is 0 Å². The summed E-state index contributed by atoms with van der Waals surface area (Å²) >= 11 is 0. The van der Waals surface area contributed by atoms with E-state index < -0.39 is 123 Å². The summed E-state index contributed by atoms with van der Waals surface area (Å²) in [6.07, 6.45) is -63.9. The first-order valence-corrected chi connectivity index (χ1v) is 6.54. The van der Waals surface area contributed by atoms with Crippen molar-refractivity contribution in [3.8, 4) is 0 Å².